The largest absolute Gasteiger partial charge is 0.493 e. The number of nitrogens with one attached hydrogen (secondary N) is 1. The molecule has 1 amide bonds. The predicted octanol–water partition coefficient (Wildman–Crippen LogP) is 8.58. The Bertz CT molecular complexity index is 1510. The van der Waals surface area contributed by atoms with E-state index in [2.05, 4.69) is 21.2 Å². The zero-order valence-corrected chi connectivity index (χ0v) is 23.8. The third kappa shape index (κ3) is 8.84. The lowest BCUT2D eigenvalue weighted by Crippen LogP contribution is -2.30. The first kappa shape index (κ1) is 30.6. The van der Waals surface area contributed by atoms with E-state index in [0.717, 1.165) is 11.1 Å². The summed E-state index contributed by atoms with van der Waals surface area (Å²) in [6.45, 7) is -0.239. The van der Waals surface area contributed by atoms with E-state index in [1.807, 2.05) is 66.7 Å². The fourth-order valence-electron chi connectivity index (χ4n) is 4.23. The van der Waals surface area contributed by atoms with Crippen molar-refractivity contribution in [2.45, 2.75) is 31.5 Å². The van der Waals surface area contributed by atoms with Gasteiger partial charge >= 0.3 is 12.1 Å². The van der Waals surface area contributed by atoms with Gasteiger partial charge in [0, 0.05) is 16.5 Å². The summed E-state index contributed by atoms with van der Waals surface area (Å²) in [4.78, 5) is 25.0. The Hall–Kier alpha value is -4.31. The van der Waals surface area contributed by atoms with Crippen LogP contribution in [0.25, 0.3) is 11.1 Å². The number of para-hydroxylation sites is 2. The Morgan fingerprint density at radius 2 is 1.57 bits per heavy atom. The van der Waals surface area contributed by atoms with Crippen molar-refractivity contribution < 1.29 is 37.3 Å². The molecular weight excluding hydrogens is 615 g/mol. The van der Waals surface area contributed by atoms with Crippen LogP contribution in [0.5, 0.6) is 17.2 Å². The van der Waals surface area contributed by atoms with Gasteiger partial charge < -0.3 is 19.9 Å². The summed E-state index contributed by atoms with van der Waals surface area (Å²) in [6, 6.07) is 27.6. The summed E-state index contributed by atoms with van der Waals surface area (Å²) < 4.78 is 49.6. The second-order valence-corrected chi connectivity index (χ2v) is 10.3. The van der Waals surface area contributed by atoms with Crippen LogP contribution in [0.15, 0.2) is 102 Å². The van der Waals surface area contributed by atoms with Crippen LogP contribution in [0.3, 0.4) is 0 Å². The molecule has 6 nitrogen and oxygen atoms in total. The van der Waals surface area contributed by atoms with Crippen molar-refractivity contribution in [2.24, 2.45) is 0 Å². The minimum absolute atomic E-state index is 0.0652. The molecule has 4 aromatic carbocycles. The van der Waals surface area contributed by atoms with Gasteiger partial charge in [0.2, 0.25) is 0 Å². The van der Waals surface area contributed by atoms with Crippen LogP contribution in [0.1, 0.15) is 41.2 Å². The van der Waals surface area contributed by atoms with E-state index < -0.39 is 36.9 Å². The number of amides is 1. The van der Waals surface area contributed by atoms with Crippen molar-refractivity contribution in [1.29, 1.82) is 0 Å². The Morgan fingerprint density at radius 1 is 0.881 bits per heavy atom. The fourth-order valence-corrected chi connectivity index (χ4v) is 4.59. The number of carboxylic acids is 1. The minimum Gasteiger partial charge on any atom is -0.493 e. The lowest BCUT2D eigenvalue weighted by molar-refractivity contribution is -0.138. The normalized spacial score (nSPS) is 11.9. The Labute approximate surface area is 249 Å². The van der Waals surface area contributed by atoms with Gasteiger partial charge in [0.25, 0.3) is 5.91 Å². The maximum absolute atomic E-state index is 13.3. The van der Waals surface area contributed by atoms with Crippen LogP contribution < -0.4 is 14.8 Å². The molecule has 0 fully saturated rings. The first-order valence-electron chi connectivity index (χ1n) is 13.0. The second-order valence-electron chi connectivity index (χ2n) is 9.36. The van der Waals surface area contributed by atoms with Gasteiger partial charge in [-0.3, -0.25) is 9.59 Å². The topological polar surface area (TPSA) is 84.9 Å². The number of alkyl halides is 3. The monoisotopic (exact) mass is 641 g/mol. The third-order valence-corrected chi connectivity index (χ3v) is 6.71. The maximum atomic E-state index is 13.3. The molecule has 0 aliphatic carbocycles. The van der Waals surface area contributed by atoms with E-state index in [1.54, 1.807) is 18.2 Å². The number of benzene rings is 4. The molecule has 0 bridgehead atoms. The summed E-state index contributed by atoms with van der Waals surface area (Å²) in [5.74, 6) is -0.327. The quantitative estimate of drug-likeness (QED) is 0.151. The van der Waals surface area contributed by atoms with Crippen molar-refractivity contribution >= 4 is 27.8 Å². The Balaban J connectivity index is 1.53. The molecule has 0 aliphatic rings. The van der Waals surface area contributed by atoms with Crippen molar-refractivity contribution in [1.82, 2.24) is 5.32 Å². The summed E-state index contributed by atoms with van der Waals surface area (Å²) in [7, 11) is 0. The maximum Gasteiger partial charge on any atom is 0.389 e. The van der Waals surface area contributed by atoms with Crippen LogP contribution in [0.2, 0.25) is 0 Å². The van der Waals surface area contributed by atoms with E-state index >= 15 is 0 Å². The number of hydrogen-bond donors (Lipinski definition) is 2. The molecule has 0 saturated carbocycles. The van der Waals surface area contributed by atoms with Gasteiger partial charge in [-0.15, -0.1) is 0 Å². The molecule has 1 atom stereocenters. The molecule has 0 saturated heterocycles. The molecular formula is C32H27BrF3NO5. The van der Waals surface area contributed by atoms with E-state index in [1.165, 1.54) is 12.1 Å². The lowest BCUT2D eigenvalue weighted by atomic mass is 9.98. The summed E-state index contributed by atoms with van der Waals surface area (Å²) in [5.41, 5.74) is 2.27. The van der Waals surface area contributed by atoms with Gasteiger partial charge in [0.05, 0.1) is 24.6 Å². The highest BCUT2D eigenvalue weighted by Gasteiger charge is 2.26. The van der Waals surface area contributed by atoms with Crippen molar-refractivity contribution in [3.8, 4) is 28.4 Å². The summed E-state index contributed by atoms with van der Waals surface area (Å²) in [6.07, 6.45) is -5.98. The SMILES string of the molecule is O=C(O)CC(NC(=O)c1cc(Br)ccc1OCCCC(F)(F)F)c1ccc(-c2ccccc2Oc2ccccc2)cc1. The van der Waals surface area contributed by atoms with Crippen molar-refractivity contribution in [3.63, 3.8) is 0 Å². The lowest BCUT2D eigenvalue weighted by Gasteiger charge is -2.20. The molecule has 1 unspecified atom stereocenters. The fraction of sp³-hybridized carbons (Fsp3) is 0.188. The first-order valence-corrected chi connectivity index (χ1v) is 13.8. The Kier molecular flexibility index (Phi) is 10.2. The molecule has 10 heteroatoms. The summed E-state index contributed by atoms with van der Waals surface area (Å²) in [5, 5.41) is 12.3. The number of hydrogen-bond acceptors (Lipinski definition) is 4. The molecule has 0 spiro atoms. The molecule has 4 aromatic rings. The minimum atomic E-state index is -4.31. The van der Waals surface area contributed by atoms with E-state index in [9.17, 15) is 27.9 Å². The molecule has 4 rings (SSSR count). The molecule has 0 heterocycles. The average molecular weight is 642 g/mol. The number of carbonyl (C=O) groups excluding carboxylic acids is 1. The smallest absolute Gasteiger partial charge is 0.389 e. The third-order valence-electron chi connectivity index (χ3n) is 6.21. The number of rotatable bonds is 12. The molecule has 0 aliphatic heterocycles. The highest BCUT2D eigenvalue weighted by Crippen LogP contribution is 2.34. The van der Waals surface area contributed by atoms with E-state index in [0.29, 0.717) is 21.5 Å². The zero-order valence-electron chi connectivity index (χ0n) is 22.2. The first-order chi connectivity index (χ1) is 20.1. The summed E-state index contributed by atoms with van der Waals surface area (Å²) >= 11 is 3.29. The number of carbonyl (C=O) groups is 2. The molecule has 2 N–H and O–H groups in total. The molecule has 42 heavy (non-hydrogen) atoms. The predicted molar refractivity (Wildman–Crippen MR) is 156 cm³/mol. The van der Waals surface area contributed by atoms with Gasteiger partial charge in [-0.2, -0.15) is 13.2 Å². The van der Waals surface area contributed by atoms with E-state index in [-0.39, 0.29) is 24.3 Å². The van der Waals surface area contributed by atoms with Gasteiger partial charge in [-0.05, 0) is 53.9 Å². The van der Waals surface area contributed by atoms with Crippen LogP contribution in [0, 0.1) is 0 Å². The van der Waals surface area contributed by atoms with E-state index in [4.69, 9.17) is 9.47 Å². The molecule has 0 aromatic heterocycles. The second kappa shape index (κ2) is 14.0. The average Bonchev–Trinajstić information content (AvgIpc) is 2.96. The van der Waals surface area contributed by atoms with Gasteiger partial charge in [-0.25, -0.2) is 0 Å². The van der Waals surface area contributed by atoms with Crippen molar-refractivity contribution in [2.75, 3.05) is 6.61 Å². The van der Waals surface area contributed by atoms with Gasteiger partial charge in [-0.1, -0.05) is 76.6 Å². The standard InChI is InChI=1S/C32H27BrF3NO5/c33-23-15-16-28(41-18-6-17-32(34,35)36)26(19-23)31(40)37-27(20-30(38)39)22-13-11-21(12-14-22)25-9-4-5-10-29(25)42-24-7-2-1-3-8-24/h1-5,7-16,19,27H,6,17-18,20H2,(H,37,40)(H,38,39). The number of aliphatic carboxylic acids is 1. The number of halogens is 4. The van der Waals surface area contributed by atoms with Gasteiger partial charge in [0.1, 0.15) is 17.2 Å². The van der Waals surface area contributed by atoms with Crippen LogP contribution in [0.4, 0.5) is 13.2 Å². The number of carboxylic acid groups (broad SMARTS) is 1. The molecule has 0 radical (unpaired) electrons. The van der Waals surface area contributed by atoms with Crippen molar-refractivity contribution in [3.05, 3.63) is 113 Å². The highest BCUT2D eigenvalue weighted by atomic mass is 79.9. The van der Waals surface area contributed by atoms with Crippen LogP contribution >= 0.6 is 15.9 Å². The number of ether oxygens (including phenoxy) is 2. The van der Waals surface area contributed by atoms with Gasteiger partial charge in [0.15, 0.2) is 0 Å². The molecule has 218 valence electrons. The highest BCUT2D eigenvalue weighted by molar-refractivity contribution is 9.10. The zero-order chi connectivity index (χ0) is 30.1. The van der Waals surface area contributed by atoms with Crippen LogP contribution in [-0.2, 0) is 4.79 Å². The van der Waals surface area contributed by atoms with Crippen LogP contribution in [-0.4, -0.2) is 29.8 Å². The Morgan fingerprint density at radius 3 is 2.26 bits per heavy atom.